The van der Waals surface area contributed by atoms with Crippen LogP contribution in [-0.4, -0.2) is 60.9 Å². The molecule has 8 heteroatoms. The zero-order valence-electron chi connectivity index (χ0n) is 16.8. The highest BCUT2D eigenvalue weighted by molar-refractivity contribution is 7.98. The van der Waals surface area contributed by atoms with E-state index in [1.54, 1.807) is 59.1 Å². The van der Waals surface area contributed by atoms with Gasteiger partial charge in [0.25, 0.3) is 5.91 Å². The molecule has 30 heavy (non-hydrogen) atoms. The molecule has 1 fully saturated rings. The van der Waals surface area contributed by atoms with E-state index in [0.29, 0.717) is 48.9 Å². The van der Waals surface area contributed by atoms with Crippen LogP contribution in [0.2, 0.25) is 5.02 Å². The van der Waals surface area contributed by atoms with Crippen molar-refractivity contribution >= 4 is 40.9 Å². The number of carbonyl (C=O) groups excluding carboxylic acids is 2. The monoisotopic (exact) mass is 449 g/mol. The molecule has 0 aromatic heterocycles. The molecule has 0 radical (unpaired) electrons. The summed E-state index contributed by atoms with van der Waals surface area (Å²) in [5.74, 6) is 0.0128. The Balaban J connectivity index is 1.65. The molecule has 2 aromatic rings. The van der Waals surface area contributed by atoms with Crippen LogP contribution in [0.4, 0.5) is 10.1 Å². The maximum Gasteiger partial charge on any atom is 0.253 e. The third-order valence-corrected chi connectivity index (χ3v) is 6.09. The molecule has 5 nitrogen and oxygen atoms in total. The Morgan fingerprint density at radius 1 is 1.10 bits per heavy atom. The van der Waals surface area contributed by atoms with Crippen molar-refractivity contribution < 1.29 is 14.0 Å². The number of nitrogens with one attached hydrogen (secondary N) is 1. The second-order valence-electron chi connectivity index (χ2n) is 7.05. The highest BCUT2D eigenvalue weighted by atomic mass is 35.5. The molecule has 3 rings (SSSR count). The Morgan fingerprint density at radius 2 is 1.77 bits per heavy atom. The van der Waals surface area contributed by atoms with Gasteiger partial charge in [-0.1, -0.05) is 35.9 Å². The first-order valence-electron chi connectivity index (χ1n) is 9.84. The fourth-order valence-electron chi connectivity index (χ4n) is 3.47. The topological polar surface area (TPSA) is 52.7 Å². The number of carbonyl (C=O) groups is 2. The minimum atomic E-state index is -0.624. The van der Waals surface area contributed by atoms with Crippen molar-refractivity contribution in [2.75, 3.05) is 43.1 Å². The van der Waals surface area contributed by atoms with Crippen molar-refractivity contribution in [1.82, 2.24) is 10.2 Å². The van der Waals surface area contributed by atoms with Crippen molar-refractivity contribution in [2.45, 2.75) is 12.5 Å². The van der Waals surface area contributed by atoms with Crippen molar-refractivity contribution in [1.29, 1.82) is 0 Å². The van der Waals surface area contributed by atoms with Gasteiger partial charge < -0.3 is 15.1 Å². The van der Waals surface area contributed by atoms with Gasteiger partial charge in [0.15, 0.2) is 0 Å². The molecule has 1 atom stereocenters. The van der Waals surface area contributed by atoms with Crippen LogP contribution in [0, 0.1) is 5.82 Å². The lowest BCUT2D eigenvalue weighted by atomic mass is 10.1. The van der Waals surface area contributed by atoms with E-state index >= 15 is 0 Å². The average molecular weight is 450 g/mol. The molecule has 2 aromatic carbocycles. The summed E-state index contributed by atoms with van der Waals surface area (Å²) >= 11 is 7.75. The van der Waals surface area contributed by atoms with E-state index in [9.17, 15) is 14.0 Å². The van der Waals surface area contributed by atoms with E-state index in [1.807, 2.05) is 11.2 Å². The van der Waals surface area contributed by atoms with E-state index in [1.165, 1.54) is 6.07 Å². The van der Waals surface area contributed by atoms with Gasteiger partial charge in [-0.05, 0) is 42.7 Å². The summed E-state index contributed by atoms with van der Waals surface area (Å²) < 4.78 is 14.1. The van der Waals surface area contributed by atoms with Gasteiger partial charge in [0, 0.05) is 26.2 Å². The quantitative estimate of drug-likeness (QED) is 0.700. The number of para-hydroxylation sites is 1. The Labute approximate surface area is 185 Å². The highest BCUT2D eigenvalue weighted by Crippen LogP contribution is 2.21. The van der Waals surface area contributed by atoms with E-state index < -0.39 is 6.04 Å². The lowest BCUT2D eigenvalue weighted by molar-refractivity contribution is -0.133. The summed E-state index contributed by atoms with van der Waals surface area (Å²) in [6.45, 7) is 2.04. The molecule has 0 bridgehead atoms. The van der Waals surface area contributed by atoms with Crippen LogP contribution in [0.25, 0.3) is 0 Å². The number of benzene rings is 2. The second-order valence-corrected chi connectivity index (χ2v) is 8.44. The SMILES string of the molecule is CSCCC(NC(=O)c1ccccc1Cl)C(=O)N1CCN(c2ccccc2F)CC1. The molecule has 1 saturated heterocycles. The van der Waals surface area contributed by atoms with Crippen molar-refractivity contribution in [3.8, 4) is 0 Å². The van der Waals surface area contributed by atoms with Gasteiger partial charge in [0.2, 0.25) is 5.91 Å². The van der Waals surface area contributed by atoms with Crippen molar-refractivity contribution in [3.05, 3.63) is 64.9 Å². The van der Waals surface area contributed by atoms with Gasteiger partial charge in [-0.2, -0.15) is 11.8 Å². The average Bonchev–Trinajstić information content (AvgIpc) is 2.77. The Bertz CT molecular complexity index is 890. The van der Waals surface area contributed by atoms with E-state index in [-0.39, 0.29) is 17.6 Å². The number of thioether (sulfide) groups is 1. The molecule has 1 heterocycles. The molecule has 0 spiro atoms. The molecule has 0 saturated carbocycles. The van der Waals surface area contributed by atoms with Gasteiger partial charge in [0.05, 0.1) is 16.3 Å². The van der Waals surface area contributed by atoms with Crippen LogP contribution < -0.4 is 10.2 Å². The minimum Gasteiger partial charge on any atom is -0.366 e. The number of hydrogen-bond acceptors (Lipinski definition) is 4. The normalized spacial score (nSPS) is 15.0. The van der Waals surface area contributed by atoms with E-state index in [2.05, 4.69) is 5.32 Å². The van der Waals surface area contributed by atoms with Crippen LogP contribution in [0.5, 0.6) is 0 Å². The number of halogens is 2. The molecule has 1 unspecified atom stereocenters. The van der Waals surface area contributed by atoms with Crippen LogP contribution >= 0.6 is 23.4 Å². The number of nitrogens with zero attached hydrogens (tertiary/aromatic N) is 2. The summed E-state index contributed by atoms with van der Waals surface area (Å²) in [6, 6.07) is 12.8. The number of piperazine rings is 1. The Kier molecular flexibility index (Phi) is 7.99. The molecule has 160 valence electrons. The number of anilines is 1. The first kappa shape index (κ1) is 22.4. The maximum atomic E-state index is 14.1. The standard InChI is InChI=1S/C22H25ClFN3O2S/c1-30-15-10-19(25-21(28)16-6-2-3-7-17(16)23)22(29)27-13-11-26(12-14-27)20-9-5-4-8-18(20)24/h2-9,19H,10-15H2,1H3,(H,25,28). The van der Waals surface area contributed by atoms with Crippen LogP contribution in [0.3, 0.4) is 0 Å². The first-order chi connectivity index (χ1) is 14.5. The summed E-state index contributed by atoms with van der Waals surface area (Å²) in [4.78, 5) is 29.5. The first-order valence-corrected chi connectivity index (χ1v) is 11.6. The molecular weight excluding hydrogens is 425 g/mol. The summed E-state index contributed by atoms with van der Waals surface area (Å²) in [5.41, 5.74) is 0.904. The van der Waals surface area contributed by atoms with Crippen LogP contribution in [0.15, 0.2) is 48.5 Å². The third-order valence-electron chi connectivity index (χ3n) is 5.12. The van der Waals surface area contributed by atoms with Crippen molar-refractivity contribution in [3.63, 3.8) is 0 Å². The largest absolute Gasteiger partial charge is 0.366 e. The maximum absolute atomic E-state index is 14.1. The Morgan fingerprint density at radius 3 is 2.43 bits per heavy atom. The number of amides is 2. The molecule has 1 aliphatic rings. The van der Waals surface area contributed by atoms with Gasteiger partial charge in [-0.3, -0.25) is 9.59 Å². The second kappa shape index (κ2) is 10.7. The van der Waals surface area contributed by atoms with Crippen LogP contribution in [0.1, 0.15) is 16.8 Å². The predicted molar refractivity (Wildman–Crippen MR) is 121 cm³/mol. The molecule has 0 aliphatic carbocycles. The highest BCUT2D eigenvalue weighted by Gasteiger charge is 2.29. The summed E-state index contributed by atoms with van der Waals surface area (Å²) in [6.07, 6.45) is 2.49. The predicted octanol–water partition coefficient (Wildman–Crippen LogP) is 3.68. The summed E-state index contributed by atoms with van der Waals surface area (Å²) in [5, 5.41) is 3.21. The lowest BCUT2D eigenvalue weighted by Crippen LogP contribution is -2.55. The van der Waals surface area contributed by atoms with Crippen LogP contribution in [-0.2, 0) is 4.79 Å². The fourth-order valence-corrected chi connectivity index (χ4v) is 4.16. The fraction of sp³-hybridized carbons (Fsp3) is 0.364. The van der Waals surface area contributed by atoms with Gasteiger partial charge in [0.1, 0.15) is 11.9 Å². The Hall–Kier alpha value is -2.25. The number of rotatable bonds is 7. The molecular formula is C22H25ClFN3O2S. The third kappa shape index (κ3) is 5.46. The van der Waals surface area contributed by atoms with Gasteiger partial charge in [-0.15, -0.1) is 0 Å². The van der Waals surface area contributed by atoms with Gasteiger partial charge in [-0.25, -0.2) is 4.39 Å². The van der Waals surface area contributed by atoms with Gasteiger partial charge >= 0.3 is 0 Å². The van der Waals surface area contributed by atoms with E-state index in [0.717, 1.165) is 5.75 Å². The zero-order chi connectivity index (χ0) is 21.5. The minimum absolute atomic E-state index is 0.113. The molecule has 1 N–H and O–H groups in total. The lowest BCUT2D eigenvalue weighted by Gasteiger charge is -2.37. The summed E-state index contributed by atoms with van der Waals surface area (Å²) in [7, 11) is 0. The molecule has 2 amide bonds. The molecule has 1 aliphatic heterocycles. The zero-order valence-corrected chi connectivity index (χ0v) is 18.4. The number of hydrogen-bond donors (Lipinski definition) is 1. The van der Waals surface area contributed by atoms with E-state index in [4.69, 9.17) is 11.6 Å². The van der Waals surface area contributed by atoms with Crippen molar-refractivity contribution in [2.24, 2.45) is 0 Å². The smallest absolute Gasteiger partial charge is 0.253 e.